The number of hydrogen-bond acceptors (Lipinski definition) is 5. The molecule has 0 saturated carbocycles. The van der Waals surface area contributed by atoms with Gasteiger partial charge in [0, 0.05) is 26.7 Å². The van der Waals surface area contributed by atoms with Crippen LogP contribution < -0.4 is 5.32 Å². The van der Waals surface area contributed by atoms with Crippen LogP contribution in [0.2, 0.25) is 5.02 Å². The molecule has 0 bridgehead atoms. The highest BCUT2D eigenvalue weighted by Gasteiger charge is 2.11. The van der Waals surface area contributed by atoms with E-state index in [1.54, 1.807) is 13.2 Å². The number of nitrogens with zero attached hydrogens (tertiary/aromatic N) is 2. The summed E-state index contributed by atoms with van der Waals surface area (Å²) < 4.78 is 4.98. The van der Waals surface area contributed by atoms with Gasteiger partial charge in [0.15, 0.2) is 5.69 Å². The molecular formula is C12H18ClN3O3. The third-order valence-corrected chi connectivity index (χ3v) is 2.83. The van der Waals surface area contributed by atoms with E-state index >= 15 is 0 Å². The van der Waals surface area contributed by atoms with Crippen LogP contribution in [0.3, 0.4) is 0 Å². The molecule has 19 heavy (non-hydrogen) atoms. The molecule has 0 aliphatic rings. The fourth-order valence-electron chi connectivity index (χ4n) is 1.42. The van der Waals surface area contributed by atoms with Crippen molar-refractivity contribution in [3.05, 3.63) is 22.8 Å². The molecule has 1 aromatic rings. The zero-order chi connectivity index (χ0) is 14.3. The molecule has 0 fully saturated rings. The molecule has 0 saturated heterocycles. The third kappa shape index (κ3) is 5.42. The highest BCUT2D eigenvalue weighted by Crippen LogP contribution is 2.16. The number of carbonyl (C=O) groups is 1. The first-order chi connectivity index (χ1) is 9.04. The van der Waals surface area contributed by atoms with Crippen LogP contribution in [-0.2, 0) is 4.74 Å². The van der Waals surface area contributed by atoms with Crippen molar-refractivity contribution >= 4 is 23.4 Å². The van der Waals surface area contributed by atoms with Gasteiger partial charge in [0.2, 0.25) is 0 Å². The summed E-state index contributed by atoms with van der Waals surface area (Å²) in [6, 6.07) is 3.18. The van der Waals surface area contributed by atoms with E-state index in [1.165, 1.54) is 6.07 Å². The highest BCUT2D eigenvalue weighted by atomic mass is 35.5. The number of halogens is 1. The molecule has 0 unspecified atom stereocenters. The minimum atomic E-state index is -1.13. The van der Waals surface area contributed by atoms with Gasteiger partial charge in [-0.15, -0.1) is 0 Å². The number of aromatic carboxylic acids is 1. The van der Waals surface area contributed by atoms with Crippen molar-refractivity contribution in [1.82, 2.24) is 9.88 Å². The van der Waals surface area contributed by atoms with E-state index in [0.29, 0.717) is 19.0 Å². The van der Waals surface area contributed by atoms with Gasteiger partial charge in [0.1, 0.15) is 5.82 Å². The predicted octanol–water partition coefficient (Wildman–Crippen LogP) is 1.42. The van der Waals surface area contributed by atoms with Gasteiger partial charge in [0.25, 0.3) is 0 Å². The van der Waals surface area contributed by atoms with Crippen molar-refractivity contribution in [3.8, 4) is 0 Å². The van der Waals surface area contributed by atoms with Gasteiger partial charge >= 0.3 is 5.97 Å². The van der Waals surface area contributed by atoms with Crippen molar-refractivity contribution in [2.24, 2.45) is 0 Å². The Morgan fingerprint density at radius 2 is 2.26 bits per heavy atom. The summed E-state index contributed by atoms with van der Waals surface area (Å²) in [6.07, 6.45) is 0. The van der Waals surface area contributed by atoms with Crippen LogP contribution in [0.25, 0.3) is 0 Å². The first kappa shape index (κ1) is 15.7. The Hall–Kier alpha value is -1.37. The fourth-order valence-corrected chi connectivity index (χ4v) is 1.61. The zero-order valence-corrected chi connectivity index (χ0v) is 11.8. The Balaban J connectivity index is 2.45. The molecule has 1 heterocycles. The maximum absolute atomic E-state index is 10.9. The van der Waals surface area contributed by atoms with Crippen molar-refractivity contribution < 1.29 is 14.6 Å². The number of rotatable bonds is 8. The largest absolute Gasteiger partial charge is 0.476 e. The Morgan fingerprint density at radius 1 is 1.53 bits per heavy atom. The molecule has 1 rings (SSSR count). The summed E-state index contributed by atoms with van der Waals surface area (Å²) in [5, 5.41) is 12.1. The van der Waals surface area contributed by atoms with Crippen LogP contribution >= 0.6 is 11.6 Å². The van der Waals surface area contributed by atoms with Gasteiger partial charge < -0.3 is 20.1 Å². The minimum absolute atomic E-state index is 0.135. The Morgan fingerprint density at radius 3 is 2.89 bits per heavy atom. The molecule has 2 N–H and O–H groups in total. The number of anilines is 1. The number of pyridine rings is 1. The van der Waals surface area contributed by atoms with Gasteiger partial charge in [-0.05, 0) is 19.2 Å². The molecule has 7 heteroatoms. The molecule has 0 aliphatic heterocycles. The standard InChI is InChI=1S/C12H18ClN3O3/c1-16(7-8-19-2)6-5-14-10-4-3-9(13)11(15-10)12(17)18/h3-4H,5-8H2,1-2H3,(H,14,15)(H,17,18). The Labute approximate surface area is 117 Å². The molecule has 1 aromatic heterocycles. The average Bonchev–Trinajstić information content (AvgIpc) is 2.38. The van der Waals surface area contributed by atoms with E-state index in [-0.39, 0.29) is 10.7 Å². The van der Waals surface area contributed by atoms with Crippen molar-refractivity contribution in [2.75, 3.05) is 45.7 Å². The molecule has 0 amide bonds. The second kappa shape index (κ2) is 7.93. The minimum Gasteiger partial charge on any atom is -0.476 e. The number of aromatic nitrogens is 1. The Bertz CT molecular complexity index is 429. The van der Waals surface area contributed by atoms with E-state index in [0.717, 1.165) is 13.1 Å². The van der Waals surface area contributed by atoms with Crippen LogP contribution in [0.1, 0.15) is 10.5 Å². The number of hydrogen-bond donors (Lipinski definition) is 2. The normalized spacial score (nSPS) is 10.7. The Kier molecular flexibility index (Phi) is 6.55. The first-order valence-electron chi connectivity index (χ1n) is 5.85. The molecule has 106 valence electrons. The summed E-state index contributed by atoms with van der Waals surface area (Å²) in [4.78, 5) is 16.9. The summed E-state index contributed by atoms with van der Waals surface area (Å²) in [5.41, 5.74) is -0.139. The van der Waals surface area contributed by atoms with Crippen molar-refractivity contribution in [1.29, 1.82) is 0 Å². The summed E-state index contributed by atoms with van der Waals surface area (Å²) in [6.45, 7) is 2.98. The topological polar surface area (TPSA) is 74.7 Å². The lowest BCUT2D eigenvalue weighted by molar-refractivity contribution is 0.0691. The second-order valence-electron chi connectivity index (χ2n) is 4.05. The molecule has 0 spiro atoms. The van der Waals surface area contributed by atoms with E-state index in [1.807, 2.05) is 7.05 Å². The van der Waals surface area contributed by atoms with E-state index in [9.17, 15) is 4.79 Å². The van der Waals surface area contributed by atoms with Crippen LogP contribution in [0.5, 0.6) is 0 Å². The van der Waals surface area contributed by atoms with Gasteiger partial charge in [0.05, 0.1) is 11.6 Å². The number of nitrogens with one attached hydrogen (secondary N) is 1. The number of methoxy groups -OCH3 is 1. The lowest BCUT2D eigenvalue weighted by atomic mass is 10.3. The van der Waals surface area contributed by atoms with Gasteiger partial charge in [-0.1, -0.05) is 11.6 Å². The fraction of sp³-hybridized carbons (Fsp3) is 0.500. The van der Waals surface area contributed by atoms with E-state index < -0.39 is 5.97 Å². The zero-order valence-electron chi connectivity index (χ0n) is 11.0. The maximum atomic E-state index is 10.9. The predicted molar refractivity (Wildman–Crippen MR) is 74.1 cm³/mol. The van der Waals surface area contributed by atoms with Crippen molar-refractivity contribution in [3.63, 3.8) is 0 Å². The van der Waals surface area contributed by atoms with Crippen molar-refractivity contribution in [2.45, 2.75) is 0 Å². The van der Waals surface area contributed by atoms with Crippen LogP contribution in [0.4, 0.5) is 5.82 Å². The summed E-state index contributed by atoms with van der Waals surface area (Å²) in [5.74, 6) is -0.632. The molecule has 0 aliphatic carbocycles. The van der Waals surface area contributed by atoms with Gasteiger partial charge in [-0.2, -0.15) is 0 Å². The van der Waals surface area contributed by atoms with Gasteiger partial charge in [-0.3, -0.25) is 0 Å². The molecule has 0 atom stereocenters. The number of ether oxygens (including phenoxy) is 1. The maximum Gasteiger partial charge on any atom is 0.356 e. The van der Waals surface area contributed by atoms with E-state index in [4.69, 9.17) is 21.4 Å². The monoisotopic (exact) mass is 287 g/mol. The first-order valence-corrected chi connectivity index (χ1v) is 6.23. The summed E-state index contributed by atoms with van der Waals surface area (Å²) in [7, 11) is 3.65. The van der Waals surface area contributed by atoms with Gasteiger partial charge in [-0.25, -0.2) is 9.78 Å². The van der Waals surface area contributed by atoms with Crippen LogP contribution in [0, 0.1) is 0 Å². The molecule has 0 radical (unpaired) electrons. The smallest absolute Gasteiger partial charge is 0.356 e. The molecular weight excluding hydrogens is 270 g/mol. The lowest BCUT2D eigenvalue weighted by Crippen LogP contribution is -2.28. The second-order valence-corrected chi connectivity index (χ2v) is 4.46. The number of carboxylic acids is 1. The van der Waals surface area contributed by atoms with Crippen LogP contribution in [-0.4, -0.2) is 61.4 Å². The SMILES string of the molecule is COCCN(C)CCNc1ccc(Cl)c(C(=O)O)n1. The summed E-state index contributed by atoms with van der Waals surface area (Å²) >= 11 is 5.74. The van der Waals surface area contributed by atoms with Crippen LogP contribution in [0.15, 0.2) is 12.1 Å². The quantitative estimate of drug-likeness (QED) is 0.753. The lowest BCUT2D eigenvalue weighted by Gasteiger charge is -2.16. The average molecular weight is 288 g/mol. The number of likely N-dealkylation sites (N-methyl/N-ethyl adjacent to an activating group) is 1. The molecule has 0 aromatic carbocycles. The van der Waals surface area contributed by atoms with E-state index in [2.05, 4.69) is 15.2 Å². The highest BCUT2D eigenvalue weighted by molar-refractivity contribution is 6.33. The number of carboxylic acid groups (broad SMARTS) is 1. The molecule has 6 nitrogen and oxygen atoms in total. The third-order valence-electron chi connectivity index (χ3n) is 2.53.